The first-order valence-corrected chi connectivity index (χ1v) is 16.8. The molecule has 0 atom stereocenters. The zero-order chi connectivity index (χ0) is 39.7. The van der Waals surface area contributed by atoms with Crippen molar-refractivity contribution in [2.75, 3.05) is 25.6 Å². The summed E-state index contributed by atoms with van der Waals surface area (Å²) in [5.41, 5.74) is 3.14. The molecular weight excluding hydrogens is 717 g/mol. The molecule has 0 radical (unpaired) electrons. The number of hydrogen-bond acceptors (Lipinski definition) is 7. The summed E-state index contributed by atoms with van der Waals surface area (Å²) in [6, 6.07) is 29.6. The molecule has 5 aromatic rings. The number of aliphatic carboxylic acids is 1. The maximum Gasteiger partial charge on any atom is 0.416 e. The Kier molecular flexibility index (Phi) is 12.5. The molecule has 55 heavy (non-hydrogen) atoms. The molecule has 0 aliphatic carbocycles. The van der Waals surface area contributed by atoms with Crippen LogP contribution in [0.2, 0.25) is 0 Å². The van der Waals surface area contributed by atoms with Crippen LogP contribution in [0.1, 0.15) is 53.3 Å². The fourth-order valence-corrected chi connectivity index (χ4v) is 5.58. The van der Waals surface area contributed by atoms with Gasteiger partial charge in [0.2, 0.25) is 5.91 Å². The van der Waals surface area contributed by atoms with Crippen LogP contribution in [0.15, 0.2) is 115 Å². The summed E-state index contributed by atoms with van der Waals surface area (Å²) in [5, 5.41) is 12.0. The SMILES string of the molecule is COc1ccc(CC(=O)Nc2ccc(C(=O)N(CC(=O)O)Cc3ccc(C(=O)OCC(=O)c4ccc(-c5ccc(C)cc5)cc4)cc3)cc2)c(C(F)(F)F)c1. The molecule has 0 aromatic heterocycles. The van der Waals surface area contributed by atoms with E-state index in [2.05, 4.69) is 5.32 Å². The van der Waals surface area contributed by atoms with Crippen LogP contribution < -0.4 is 10.1 Å². The maximum absolute atomic E-state index is 13.6. The quantitative estimate of drug-likeness (QED) is 0.0872. The molecule has 282 valence electrons. The third kappa shape index (κ3) is 10.7. The van der Waals surface area contributed by atoms with Crippen LogP contribution in [0.4, 0.5) is 18.9 Å². The van der Waals surface area contributed by atoms with E-state index in [-0.39, 0.29) is 40.5 Å². The van der Waals surface area contributed by atoms with Gasteiger partial charge in [0.25, 0.3) is 5.91 Å². The largest absolute Gasteiger partial charge is 0.497 e. The zero-order valence-electron chi connectivity index (χ0n) is 29.7. The molecule has 0 spiro atoms. The topological polar surface area (TPSA) is 139 Å². The second-order valence-corrected chi connectivity index (χ2v) is 12.5. The van der Waals surface area contributed by atoms with Gasteiger partial charge in [-0.25, -0.2) is 4.79 Å². The lowest BCUT2D eigenvalue weighted by Crippen LogP contribution is -2.35. The summed E-state index contributed by atoms with van der Waals surface area (Å²) in [6.07, 6.45) is -5.29. The van der Waals surface area contributed by atoms with Gasteiger partial charge in [-0.1, -0.05) is 72.3 Å². The number of anilines is 1. The number of halogens is 3. The van der Waals surface area contributed by atoms with E-state index in [0.717, 1.165) is 33.7 Å². The van der Waals surface area contributed by atoms with Crippen molar-refractivity contribution in [2.24, 2.45) is 0 Å². The molecule has 0 heterocycles. The van der Waals surface area contributed by atoms with Crippen molar-refractivity contribution in [3.8, 4) is 16.9 Å². The van der Waals surface area contributed by atoms with Crippen LogP contribution in [0.25, 0.3) is 11.1 Å². The van der Waals surface area contributed by atoms with E-state index < -0.39 is 55.1 Å². The number of carbonyl (C=O) groups excluding carboxylic acids is 4. The number of benzene rings is 5. The molecule has 10 nitrogen and oxygen atoms in total. The number of hydrogen-bond donors (Lipinski definition) is 2. The first kappa shape index (κ1) is 39.4. The Labute approximate surface area is 314 Å². The standard InChI is InChI=1S/C42H35F3N2O8/c1-26-3-7-28(8-4-26)29-11-13-30(14-12-29)37(48)25-55-41(53)32-9-5-27(6-10-32)23-47(24-39(50)51)40(52)31-15-18-34(19-16-31)46-38(49)21-33-17-20-35(54-2)22-36(33)42(43,44)45/h3-20,22H,21,23-25H2,1-2H3,(H,46,49)(H,50,51). The monoisotopic (exact) mass is 752 g/mol. The van der Waals surface area contributed by atoms with Crippen molar-refractivity contribution in [3.63, 3.8) is 0 Å². The van der Waals surface area contributed by atoms with Gasteiger partial charge in [-0.3, -0.25) is 19.2 Å². The summed E-state index contributed by atoms with van der Waals surface area (Å²) in [7, 11) is 1.23. The van der Waals surface area contributed by atoms with E-state index in [1.54, 1.807) is 12.1 Å². The highest BCUT2D eigenvalue weighted by atomic mass is 19.4. The second kappa shape index (κ2) is 17.4. The lowest BCUT2D eigenvalue weighted by Gasteiger charge is -2.21. The number of carbonyl (C=O) groups is 5. The molecule has 2 amide bonds. The van der Waals surface area contributed by atoms with Crippen LogP contribution in [-0.2, 0) is 33.5 Å². The van der Waals surface area contributed by atoms with Crippen molar-refractivity contribution >= 4 is 35.2 Å². The van der Waals surface area contributed by atoms with Gasteiger partial charge in [0, 0.05) is 23.4 Å². The third-order valence-electron chi connectivity index (χ3n) is 8.49. The lowest BCUT2D eigenvalue weighted by molar-refractivity contribution is -0.139. The van der Waals surface area contributed by atoms with Crippen LogP contribution in [-0.4, -0.2) is 59.8 Å². The Balaban J connectivity index is 1.16. The van der Waals surface area contributed by atoms with E-state index >= 15 is 0 Å². The number of esters is 1. The molecule has 13 heteroatoms. The molecule has 2 N–H and O–H groups in total. The minimum Gasteiger partial charge on any atom is -0.497 e. The summed E-state index contributed by atoms with van der Waals surface area (Å²) in [5.74, 6) is -3.79. The average Bonchev–Trinajstić information content (AvgIpc) is 3.16. The Morgan fingerprint density at radius 1 is 0.745 bits per heavy atom. The number of carboxylic acids is 1. The number of Topliss-reactive ketones (excluding diaryl/α,β-unsaturated/α-hetero) is 1. The van der Waals surface area contributed by atoms with Gasteiger partial charge >= 0.3 is 18.1 Å². The van der Waals surface area contributed by atoms with Crippen LogP contribution in [0, 0.1) is 6.92 Å². The fourth-order valence-electron chi connectivity index (χ4n) is 5.58. The number of aryl methyl sites for hydroxylation is 1. The molecule has 5 rings (SSSR count). The van der Waals surface area contributed by atoms with E-state index in [4.69, 9.17) is 9.47 Å². The Morgan fingerprint density at radius 2 is 1.33 bits per heavy atom. The summed E-state index contributed by atoms with van der Waals surface area (Å²) < 4.78 is 50.8. The van der Waals surface area contributed by atoms with Crippen LogP contribution in [0.5, 0.6) is 5.75 Å². The number of carboxylic acid groups (broad SMARTS) is 1. The number of rotatable bonds is 14. The molecular formula is C42H35F3N2O8. The first-order valence-electron chi connectivity index (χ1n) is 16.8. The zero-order valence-corrected chi connectivity index (χ0v) is 29.7. The number of amides is 2. The van der Waals surface area contributed by atoms with Crippen molar-refractivity contribution < 1.29 is 51.7 Å². The normalized spacial score (nSPS) is 11.0. The summed E-state index contributed by atoms with van der Waals surface area (Å²) in [6.45, 7) is 0.726. The van der Waals surface area contributed by atoms with Gasteiger partial charge in [-0.05, 0) is 77.7 Å². The molecule has 0 aliphatic heterocycles. The van der Waals surface area contributed by atoms with Gasteiger partial charge in [0.1, 0.15) is 12.3 Å². The number of methoxy groups -OCH3 is 1. The molecule has 0 fully saturated rings. The Morgan fingerprint density at radius 3 is 1.91 bits per heavy atom. The number of nitrogens with one attached hydrogen (secondary N) is 1. The first-order chi connectivity index (χ1) is 26.2. The number of ketones is 1. The highest BCUT2D eigenvalue weighted by Gasteiger charge is 2.34. The van der Waals surface area contributed by atoms with Gasteiger partial charge in [-0.2, -0.15) is 13.2 Å². The number of nitrogens with zero attached hydrogens (tertiary/aromatic N) is 1. The van der Waals surface area contributed by atoms with E-state index in [1.807, 2.05) is 43.3 Å². The van der Waals surface area contributed by atoms with Crippen molar-refractivity contribution in [2.45, 2.75) is 26.1 Å². The second-order valence-electron chi connectivity index (χ2n) is 12.5. The third-order valence-corrected chi connectivity index (χ3v) is 8.49. The minimum absolute atomic E-state index is 0.00678. The average molecular weight is 753 g/mol. The minimum atomic E-state index is -4.71. The number of ether oxygens (including phenoxy) is 2. The fraction of sp³-hybridized carbons (Fsp3) is 0.167. The highest BCUT2D eigenvalue weighted by Crippen LogP contribution is 2.35. The van der Waals surface area contributed by atoms with Gasteiger partial charge < -0.3 is 24.8 Å². The number of alkyl halides is 3. The van der Waals surface area contributed by atoms with E-state index in [9.17, 15) is 42.3 Å². The van der Waals surface area contributed by atoms with E-state index in [0.29, 0.717) is 11.1 Å². The molecule has 0 saturated carbocycles. The Hall–Kier alpha value is -6.76. The molecule has 0 saturated heterocycles. The summed E-state index contributed by atoms with van der Waals surface area (Å²) >= 11 is 0. The predicted molar refractivity (Wildman–Crippen MR) is 197 cm³/mol. The summed E-state index contributed by atoms with van der Waals surface area (Å²) in [4.78, 5) is 64.0. The molecule has 0 unspecified atom stereocenters. The van der Waals surface area contributed by atoms with Crippen molar-refractivity contribution in [1.82, 2.24) is 4.90 Å². The van der Waals surface area contributed by atoms with E-state index in [1.165, 1.54) is 61.7 Å². The smallest absolute Gasteiger partial charge is 0.416 e. The van der Waals surface area contributed by atoms with Crippen molar-refractivity contribution in [1.29, 1.82) is 0 Å². The molecule has 5 aromatic carbocycles. The van der Waals surface area contributed by atoms with Gasteiger partial charge in [-0.15, -0.1) is 0 Å². The van der Waals surface area contributed by atoms with Crippen LogP contribution >= 0.6 is 0 Å². The van der Waals surface area contributed by atoms with Gasteiger partial charge in [0.15, 0.2) is 12.4 Å². The van der Waals surface area contributed by atoms with Gasteiger partial charge in [0.05, 0.1) is 24.7 Å². The Bertz CT molecular complexity index is 2180. The molecule has 0 aliphatic rings. The predicted octanol–water partition coefficient (Wildman–Crippen LogP) is 7.64. The lowest BCUT2D eigenvalue weighted by atomic mass is 10.0. The molecule has 0 bridgehead atoms. The van der Waals surface area contributed by atoms with Crippen molar-refractivity contribution in [3.05, 3.63) is 154 Å². The highest BCUT2D eigenvalue weighted by molar-refractivity contribution is 6.00. The van der Waals surface area contributed by atoms with Crippen LogP contribution in [0.3, 0.4) is 0 Å². The maximum atomic E-state index is 13.6.